The predicted octanol–water partition coefficient (Wildman–Crippen LogP) is 0.873. The summed E-state index contributed by atoms with van der Waals surface area (Å²) in [4.78, 5) is 10.8. The lowest BCUT2D eigenvalue weighted by Gasteiger charge is -2.25. The van der Waals surface area contributed by atoms with E-state index >= 15 is 0 Å². The first-order valence-corrected chi connectivity index (χ1v) is 3.81. The van der Waals surface area contributed by atoms with Crippen molar-refractivity contribution >= 4 is 6.03 Å². The van der Waals surface area contributed by atoms with E-state index < -0.39 is 0 Å². The summed E-state index contributed by atoms with van der Waals surface area (Å²) in [6.45, 7) is 2.44. The van der Waals surface area contributed by atoms with Gasteiger partial charge < -0.3 is 5.32 Å². The van der Waals surface area contributed by atoms with Gasteiger partial charge in [0.05, 0.1) is 0 Å². The summed E-state index contributed by atoms with van der Waals surface area (Å²) < 4.78 is 0. The number of nitrogens with one attached hydrogen (secondary N) is 1. The van der Waals surface area contributed by atoms with Crippen molar-refractivity contribution in [3.8, 4) is 0 Å². The summed E-state index contributed by atoms with van der Waals surface area (Å²) in [7, 11) is 0. The molecule has 0 spiro atoms. The van der Waals surface area contributed by atoms with Gasteiger partial charge in [-0.15, -0.1) is 0 Å². The van der Waals surface area contributed by atoms with Crippen LogP contribution in [0.25, 0.3) is 0 Å². The Morgan fingerprint density at radius 1 is 1.70 bits per heavy atom. The number of amides is 2. The molecule has 57 valence electrons. The van der Waals surface area contributed by atoms with E-state index in [1.54, 1.807) is 0 Å². The normalized spacial score (nSPS) is 17.7. The third kappa shape index (κ3) is 1.90. The Balaban J connectivity index is 2.05. The van der Waals surface area contributed by atoms with E-state index in [1.165, 1.54) is 6.42 Å². The summed E-state index contributed by atoms with van der Waals surface area (Å²) in [6.07, 6.45) is 3.51. The zero-order chi connectivity index (χ0) is 7.40. The van der Waals surface area contributed by atoms with Crippen molar-refractivity contribution in [2.45, 2.75) is 32.2 Å². The molecule has 3 nitrogen and oxygen atoms in total. The van der Waals surface area contributed by atoms with E-state index in [9.17, 15) is 4.79 Å². The molecule has 1 aliphatic carbocycles. The van der Waals surface area contributed by atoms with E-state index in [2.05, 4.69) is 10.6 Å². The second-order valence-electron chi connectivity index (χ2n) is 2.55. The number of urea groups is 1. The molecule has 1 saturated carbocycles. The van der Waals surface area contributed by atoms with Gasteiger partial charge in [-0.25, -0.2) is 10.1 Å². The highest BCUT2D eigenvalue weighted by Gasteiger charge is 2.18. The number of rotatable bonds is 2. The molecule has 1 radical (unpaired) electrons. The van der Waals surface area contributed by atoms with Crippen molar-refractivity contribution in [2.75, 3.05) is 6.54 Å². The third-order valence-electron chi connectivity index (χ3n) is 1.73. The highest BCUT2D eigenvalue weighted by molar-refractivity contribution is 5.73. The minimum atomic E-state index is -0.146. The minimum Gasteiger partial charge on any atom is -0.334 e. The van der Waals surface area contributed by atoms with Crippen LogP contribution in [0.4, 0.5) is 4.79 Å². The second-order valence-corrected chi connectivity index (χ2v) is 2.55. The van der Waals surface area contributed by atoms with Crippen LogP contribution in [0.2, 0.25) is 0 Å². The highest BCUT2D eigenvalue weighted by Crippen LogP contribution is 2.17. The summed E-state index contributed by atoms with van der Waals surface area (Å²) in [5, 5.41) is 6.51. The molecule has 1 N–H and O–H groups in total. The van der Waals surface area contributed by atoms with Gasteiger partial charge in [0.25, 0.3) is 0 Å². The minimum absolute atomic E-state index is 0.146. The van der Waals surface area contributed by atoms with Gasteiger partial charge in [-0.3, -0.25) is 0 Å². The van der Waals surface area contributed by atoms with E-state index in [0.29, 0.717) is 12.6 Å². The summed E-state index contributed by atoms with van der Waals surface area (Å²) >= 11 is 0. The fourth-order valence-electron chi connectivity index (χ4n) is 0.916. The van der Waals surface area contributed by atoms with Gasteiger partial charge >= 0.3 is 6.03 Å². The Morgan fingerprint density at radius 2 is 2.40 bits per heavy atom. The van der Waals surface area contributed by atoms with E-state index in [-0.39, 0.29) is 6.03 Å². The Hall–Kier alpha value is -0.730. The van der Waals surface area contributed by atoms with E-state index in [0.717, 1.165) is 12.8 Å². The monoisotopic (exact) mass is 141 g/mol. The van der Waals surface area contributed by atoms with Gasteiger partial charge in [-0.05, 0) is 26.2 Å². The van der Waals surface area contributed by atoms with E-state index in [4.69, 9.17) is 0 Å². The molecule has 3 heteroatoms. The summed E-state index contributed by atoms with van der Waals surface area (Å²) in [6, 6.07) is 0.273. The number of nitrogens with zero attached hydrogens (tertiary/aromatic N) is 1. The number of carbonyl (C=O) groups excluding carboxylic acids is 1. The van der Waals surface area contributed by atoms with Crippen LogP contribution in [0, 0.1) is 0 Å². The van der Waals surface area contributed by atoms with Gasteiger partial charge in [-0.2, -0.15) is 0 Å². The van der Waals surface area contributed by atoms with Crippen molar-refractivity contribution in [2.24, 2.45) is 0 Å². The first kappa shape index (κ1) is 7.38. The zero-order valence-electron chi connectivity index (χ0n) is 6.26. The Morgan fingerprint density at radius 3 is 2.80 bits per heavy atom. The Bertz CT molecular complexity index is 121. The fraction of sp³-hybridized carbons (Fsp3) is 0.857. The Kier molecular flexibility index (Phi) is 2.54. The molecule has 10 heavy (non-hydrogen) atoms. The molecule has 0 aliphatic heterocycles. The molecule has 0 aromatic rings. The quantitative estimate of drug-likeness (QED) is 0.609. The van der Waals surface area contributed by atoms with Crippen LogP contribution >= 0.6 is 0 Å². The van der Waals surface area contributed by atoms with Crippen molar-refractivity contribution in [1.29, 1.82) is 0 Å². The maximum absolute atomic E-state index is 10.8. The van der Waals surface area contributed by atoms with Crippen LogP contribution in [-0.4, -0.2) is 18.6 Å². The van der Waals surface area contributed by atoms with Crippen LogP contribution in [0.3, 0.4) is 0 Å². The first-order chi connectivity index (χ1) is 4.83. The van der Waals surface area contributed by atoms with Crippen molar-refractivity contribution in [3.05, 3.63) is 0 Å². The molecule has 0 saturated heterocycles. The predicted molar refractivity (Wildman–Crippen MR) is 38.8 cm³/mol. The van der Waals surface area contributed by atoms with Crippen molar-refractivity contribution < 1.29 is 4.79 Å². The molecular weight excluding hydrogens is 128 g/mol. The fourth-order valence-corrected chi connectivity index (χ4v) is 0.916. The molecule has 1 aliphatic rings. The standard InChI is InChI=1S/C7H13N2O/c1-2-8-7(10)9-6-4-3-5-6/h6H,2-5H2,1H3,(H,9,10). The van der Waals surface area contributed by atoms with Crippen LogP contribution in [0.15, 0.2) is 0 Å². The molecule has 1 rings (SSSR count). The van der Waals surface area contributed by atoms with Crippen LogP contribution in [-0.2, 0) is 0 Å². The maximum atomic E-state index is 10.8. The lowest BCUT2D eigenvalue weighted by atomic mass is 9.93. The van der Waals surface area contributed by atoms with E-state index in [1.807, 2.05) is 6.92 Å². The second kappa shape index (κ2) is 3.44. The van der Waals surface area contributed by atoms with Crippen molar-refractivity contribution in [1.82, 2.24) is 10.6 Å². The lowest BCUT2D eigenvalue weighted by molar-refractivity contribution is 0.228. The number of hydrogen-bond donors (Lipinski definition) is 1. The third-order valence-corrected chi connectivity index (χ3v) is 1.73. The molecule has 0 heterocycles. The lowest BCUT2D eigenvalue weighted by Crippen LogP contribution is -2.42. The molecule has 0 atom stereocenters. The number of hydrogen-bond acceptors (Lipinski definition) is 1. The molecule has 1 fully saturated rings. The Labute approximate surface area is 61.2 Å². The molecule has 0 unspecified atom stereocenters. The van der Waals surface area contributed by atoms with Gasteiger partial charge in [0.15, 0.2) is 0 Å². The molecular formula is C7H13N2O. The van der Waals surface area contributed by atoms with Gasteiger partial charge in [0.2, 0.25) is 0 Å². The van der Waals surface area contributed by atoms with Crippen molar-refractivity contribution in [3.63, 3.8) is 0 Å². The zero-order valence-corrected chi connectivity index (χ0v) is 6.26. The highest BCUT2D eigenvalue weighted by atomic mass is 16.2. The average molecular weight is 141 g/mol. The summed E-state index contributed by atoms with van der Waals surface area (Å²) in [5.74, 6) is 0. The summed E-state index contributed by atoms with van der Waals surface area (Å²) in [5.41, 5.74) is 0. The molecule has 0 aromatic carbocycles. The number of carbonyl (C=O) groups is 1. The average Bonchev–Trinajstić information content (AvgIpc) is 1.80. The first-order valence-electron chi connectivity index (χ1n) is 3.81. The van der Waals surface area contributed by atoms with Gasteiger partial charge in [-0.1, -0.05) is 0 Å². The van der Waals surface area contributed by atoms with Crippen LogP contribution in [0.1, 0.15) is 26.2 Å². The van der Waals surface area contributed by atoms with Gasteiger partial charge in [0.1, 0.15) is 0 Å². The maximum Gasteiger partial charge on any atom is 0.336 e. The SMILES string of the molecule is CC[N]C(=O)NC1CCC1. The largest absolute Gasteiger partial charge is 0.336 e. The molecule has 0 bridgehead atoms. The smallest absolute Gasteiger partial charge is 0.334 e. The molecule has 2 amide bonds. The van der Waals surface area contributed by atoms with Crippen LogP contribution < -0.4 is 10.6 Å². The topological polar surface area (TPSA) is 43.2 Å². The van der Waals surface area contributed by atoms with Crippen LogP contribution in [0.5, 0.6) is 0 Å². The van der Waals surface area contributed by atoms with Gasteiger partial charge in [0, 0.05) is 12.6 Å². The molecule has 0 aromatic heterocycles.